The fourth-order valence-electron chi connectivity index (χ4n) is 3.57. The van der Waals surface area contributed by atoms with E-state index in [4.69, 9.17) is 9.47 Å². The first-order valence-corrected chi connectivity index (χ1v) is 9.98. The summed E-state index contributed by atoms with van der Waals surface area (Å²) in [5.41, 5.74) is 1.90. The van der Waals surface area contributed by atoms with Gasteiger partial charge in [-0.15, -0.1) is 0 Å². The Bertz CT molecular complexity index is 1060. The van der Waals surface area contributed by atoms with E-state index in [0.717, 1.165) is 16.3 Å². The van der Waals surface area contributed by atoms with Crippen molar-refractivity contribution < 1.29 is 14.3 Å². The number of hydrogen-bond donors (Lipinski definition) is 1. The van der Waals surface area contributed by atoms with Gasteiger partial charge in [-0.3, -0.25) is 4.79 Å². The Morgan fingerprint density at radius 1 is 1.10 bits per heavy atom. The molecule has 3 aromatic carbocycles. The molecule has 0 bridgehead atoms. The molecule has 0 fully saturated rings. The second-order valence-corrected chi connectivity index (χ2v) is 7.61. The van der Waals surface area contributed by atoms with Crippen LogP contribution in [-0.4, -0.2) is 19.8 Å². The SMILES string of the molecule is COCOc1ccc(C#N)cc1NC(=O)C(CC(C)C)c1cccc2ccccc12. The van der Waals surface area contributed by atoms with Crippen LogP contribution in [0.1, 0.15) is 37.3 Å². The lowest BCUT2D eigenvalue weighted by Crippen LogP contribution is -2.23. The third kappa shape index (κ3) is 4.97. The van der Waals surface area contributed by atoms with E-state index < -0.39 is 0 Å². The highest BCUT2D eigenvalue weighted by atomic mass is 16.7. The number of carbonyl (C=O) groups excluding carboxylic acids is 1. The minimum atomic E-state index is -0.336. The number of ether oxygens (including phenoxy) is 2. The van der Waals surface area contributed by atoms with E-state index in [9.17, 15) is 10.1 Å². The zero-order chi connectivity index (χ0) is 21.5. The monoisotopic (exact) mass is 402 g/mol. The predicted octanol–water partition coefficient (Wildman–Crippen LogP) is 5.46. The van der Waals surface area contributed by atoms with Gasteiger partial charge in [0.1, 0.15) is 5.75 Å². The molecule has 1 unspecified atom stereocenters. The van der Waals surface area contributed by atoms with Gasteiger partial charge in [0.15, 0.2) is 6.79 Å². The third-order valence-corrected chi connectivity index (χ3v) is 4.92. The molecule has 0 heterocycles. The summed E-state index contributed by atoms with van der Waals surface area (Å²) in [7, 11) is 1.53. The molecule has 0 saturated heterocycles. The van der Waals surface area contributed by atoms with Crippen LogP contribution in [0.3, 0.4) is 0 Å². The van der Waals surface area contributed by atoms with Crippen molar-refractivity contribution in [2.24, 2.45) is 5.92 Å². The van der Waals surface area contributed by atoms with Gasteiger partial charge >= 0.3 is 0 Å². The van der Waals surface area contributed by atoms with Gasteiger partial charge in [-0.05, 0) is 46.9 Å². The van der Waals surface area contributed by atoms with Crippen LogP contribution in [0.5, 0.6) is 5.75 Å². The Kier molecular flexibility index (Phi) is 7.05. The average Bonchev–Trinajstić information content (AvgIpc) is 2.76. The maximum absolute atomic E-state index is 13.4. The zero-order valence-corrected chi connectivity index (χ0v) is 17.5. The number of benzene rings is 3. The number of anilines is 1. The maximum atomic E-state index is 13.4. The van der Waals surface area contributed by atoms with Crippen LogP contribution >= 0.6 is 0 Å². The fraction of sp³-hybridized carbons (Fsp3) is 0.280. The molecule has 3 rings (SSSR count). The van der Waals surface area contributed by atoms with E-state index in [1.165, 1.54) is 7.11 Å². The fourth-order valence-corrected chi connectivity index (χ4v) is 3.57. The lowest BCUT2D eigenvalue weighted by Gasteiger charge is -2.22. The summed E-state index contributed by atoms with van der Waals surface area (Å²) in [6.07, 6.45) is 0.700. The smallest absolute Gasteiger partial charge is 0.232 e. The summed E-state index contributed by atoms with van der Waals surface area (Å²) in [4.78, 5) is 13.4. The summed E-state index contributed by atoms with van der Waals surface area (Å²) in [6.45, 7) is 4.26. The van der Waals surface area contributed by atoms with Crippen molar-refractivity contribution >= 4 is 22.4 Å². The third-order valence-electron chi connectivity index (χ3n) is 4.92. The number of fused-ring (bicyclic) bond motifs is 1. The van der Waals surface area contributed by atoms with Gasteiger partial charge < -0.3 is 14.8 Å². The van der Waals surface area contributed by atoms with Gasteiger partial charge in [0.05, 0.1) is 23.2 Å². The topological polar surface area (TPSA) is 71.3 Å². The van der Waals surface area contributed by atoms with Gasteiger partial charge in [0, 0.05) is 7.11 Å². The quantitative estimate of drug-likeness (QED) is 0.508. The van der Waals surface area contributed by atoms with E-state index in [-0.39, 0.29) is 18.6 Å². The Balaban J connectivity index is 1.98. The van der Waals surface area contributed by atoms with E-state index in [1.807, 2.05) is 24.3 Å². The predicted molar refractivity (Wildman–Crippen MR) is 118 cm³/mol. The Morgan fingerprint density at radius 2 is 1.87 bits per heavy atom. The van der Waals surface area contributed by atoms with Crippen molar-refractivity contribution in [1.82, 2.24) is 0 Å². The van der Waals surface area contributed by atoms with Gasteiger partial charge in [-0.2, -0.15) is 5.26 Å². The maximum Gasteiger partial charge on any atom is 0.232 e. The largest absolute Gasteiger partial charge is 0.465 e. The van der Waals surface area contributed by atoms with Gasteiger partial charge in [0.2, 0.25) is 5.91 Å². The van der Waals surface area contributed by atoms with Crippen molar-refractivity contribution in [2.45, 2.75) is 26.2 Å². The Labute approximate surface area is 177 Å². The van der Waals surface area contributed by atoms with Crippen molar-refractivity contribution in [2.75, 3.05) is 19.2 Å². The number of methoxy groups -OCH3 is 1. The molecular weight excluding hydrogens is 376 g/mol. The summed E-state index contributed by atoms with van der Waals surface area (Å²) in [5, 5.41) is 14.4. The molecule has 5 heteroatoms. The number of amides is 1. The van der Waals surface area contributed by atoms with Crippen molar-refractivity contribution in [3.05, 3.63) is 71.8 Å². The number of nitrogens with one attached hydrogen (secondary N) is 1. The molecule has 0 aromatic heterocycles. The summed E-state index contributed by atoms with van der Waals surface area (Å²) in [5.74, 6) is 0.328. The highest BCUT2D eigenvalue weighted by molar-refractivity contribution is 6.00. The highest BCUT2D eigenvalue weighted by Gasteiger charge is 2.24. The molecular formula is C25H26N2O3. The van der Waals surface area contributed by atoms with Crippen LogP contribution < -0.4 is 10.1 Å². The molecule has 1 amide bonds. The molecule has 1 N–H and O–H groups in total. The summed E-state index contributed by atoms with van der Waals surface area (Å²) >= 11 is 0. The van der Waals surface area contributed by atoms with E-state index in [2.05, 4.69) is 43.4 Å². The molecule has 5 nitrogen and oxygen atoms in total. The van der Waals surface area contributed by atoms with Crippen LogP contribution in [0.15, 0.2) is 60.7 Å². The van der Waals surface area contributed by atoms with Crippen LogP contribution in [0, 0.1) is 17.2 Å². The number of hydrogen-bond acceptors (Lipinski definition) is 4. The normalized spacial score (nSPS) is 11.8. The lowest BCUT2D eigenvalue weighted by atomic mass is 9.86. The molecule has 0 spiro atoms. The van der Waals surface area contributed by atoms with Crippen LogP contribution in [0.25, 0.3) is 10.8 Å². The second-order valence-electron chi connectivity index (χ2n) is 7.61. The van der Waals surface area contributed by atoms with Crippen LogP contribution in [0.4, 0.5) is 5.69 Å². The number of nitriles is 1. The molecule has 0 saturated carbocycles. The van der Waals surface area contributed by atoms with Crippen LogP contribution in [0.2, 0.25) is 0 Å². The van der Waals surface area contributed by atoms with Crippen molar-refractivity contribution in [3.8, 4) is 11.8 Å². The number of nitrogens with zero attached hydrogens (tertiary/aromatic N) is 1. The first kappa shape index (κ1) is 21.4. The minimum Gasteiger partial charge on any atom is -0.465 e. The van der Waals surface area contributed by atoms with E-state index >= 15 is 0 Å². The number of carbonyl (C=O) groups is 1. The standard InChI is InChI=1S/C25H26N2O3/c1-17(2)13-22(21-10-6-8-19-7-4-5-9-20(19)21)25(28)27-23-14-18(15-26)11-12-24(23)30-16-29-3/h4-12,14,17,22H,13,16H2,1-3H3,(H,27,28). The highest BCUT2D eigenvalue weighted by Crippen LogP contribution is 2.33. The first-order valence-electron chi connectivity index (χ1n) is 9.98. The molecule has 0 radical (unpaired) electrons. The Morgan fingerprint density at radius 3 is 2.60 bits per heavy atom. The Hall–Kier alpha value is -3.36. The van der Waals surface area contributed by atoms with Crippen molar-refractivity contribution in [3.63, 3.8) is 0 Å². The molecule has 0 aliphatic rings. The molecule has 0 aliphatic heterocycles. The van der Waals surface area contributed by atoms with Crippen LogP contribution in [-0.2, 0) is 9.53 Å². The number of rotatable bonds is 8. The first-order chi connectivity index (χ1) is 14.5. The van der Waals surface area contributed by atoms with Gasteiger partial charge in [-0.1, -0.05) is 56.3 Å². The molecule has 0 aliphatic carbocycles. The van der Waals surface area contributed by atoms with E-state index in [1.54, 1.807) is 18.2 Å². The summed E-state index contributed by atoms with van der Waals surface area (Å²) in [6, 6.07) is 21.2. The zero-order valence-electron chi connectivity index (χ0n) is 17.5. The van der Waals surface area contributed by atoms with Gasteiger partial charge in [0.25, 0.3) is 0 Å². The van der Waals surface area contributed by atoms with Gasteiger partial charge in [-0.25, -0.2) is 0 Å². The minimum absolute atomic E-state index is 0.0491. The summed E-state index contributed by atoms with van der Waals surface area (Å²) < 4.78 is 10.6. The molecule has 154 valence electrons. The lowest BCUT2D eigenvalue weighted by molar-refractivity contribution is -0.117. The second kappa shape index (κ2) is 9.91. The molecule has 30 heavy (non-hydrogen) atoms. The molecule has 3 aromatic rings. The molecule has 1 atom stereocenters. The average molecular weight is 402 g/mol. The van der Waals surface area contributed by atoms with Crippen molar-refractivity contribution in [1.29, 1.82) is 5.26 Å². The van der Waals surface area contributed by atoms with E-state index in [0.29, 0.717) is 29.3 Å².